The van der Waals surface area contributed by atoms with Gasteiger partial charge in [0.1, 0.15) is 24.9 Å². The van der Waals surface area contributed by atoms with Crippen molar-refractivity contribution >= 4 is 0 Å². The smallest absolute Gasteiger partial charge is 0.330 e. The Labute approximate surface area is 138 Å². The first-order chi connectivity index (χ1) is 11.5. The summed E-state index contributed by atoms with van der Waals surface area (Å²) in [6.45, 7) is 2.47. The van der Waals surface area contributed by atoms with E-state index in [4.69, 9.17) is 14.5 Å². The summed E-state index contributed by atoms with van der Waals surface area (Å²) in [6.07, 6.45) is 0.876. The van der Waals surface area contributed by atoms with Crippen molar-refractivity contribution in [1.82, 2.24) is 9.55 Å². The van der Waals surface area contributed by atoms with E-state index in [-0.39, 0.29) is 6.61 Å². The van der Waals surface area contributed by atoms with Gasteiger partial charge in [-0.15, -0.1) is 0 Å². The quantitative estimate of drug-likeness (QED) is 0.319. The van der Waals surface area contributed by atoms with Crippen LogP contribution in [0.15, 0.2) is 21.9 Å². The molecule has 1 aliphatic rings. The Balaban J connectivity index is 1.84. The van der Waals surface area contributed by atoms with E-state index in [1.165, 1.54) is 6.20 Å². The normalized spacial score (nSPS) is 26.8. The number of nitrogens with one attached hydrogen (secondary N) is 1. The largest absolute Gasteiger partial charge is 0.387 e. The predicted octanol–water partition coefficient (Wildman–Crippen LogP) is -0.316. The zero-order valence-corrected chi connectivity index (χ0v) is 13.6. The van der Waals surface area contributed by atoms with Crippen LogP contribution in [0.1, 0.15) is 38.8 Å². The lowest BCUT2D eigenvalue weighted by molar-refractivity contribution is -0.310. The Bertz CT molecular complexity index is 614. The molecule has 136 valence electrons. The summed E-state index contributed by atoms with van der Waals surface area (Å²) in [5, 5.41) is 20.1. The fourth-order valence-electron chi connectivity index (χ4n) is 2.49. The third-order valence-electron chi connectivity index (χ3n) is 3.86. The van der Waals surface area contributed by atoms with Crippen LogP contribution in [-0.4, -0.2) is 51.3 Å². The van der Waals surface area contributed by atoms with Crippen LogP contribution >= 0.6 is 0 Å². The van der Waals surface area contributed by atoms with Gasteiger partial charge in [0.25, 0.3) is 5.56 Å². The van der Waals surface area contributed by atoms with E-state index in [0.29, 0.717) is 6.61 Å². The summed E-state index contributed by atoms with van der Waals surface area (Å²) in [5.41, 5.74) is -1.28. The first-order valence-corrected chi connectivity index (χ1v) is 8.12. The average molecular weight is 344 g/mol. The van der Waals surface area contributed by atoms with Crippen LogP contribution in [0.2, 0.25) is 0 Å². The molecule has 0 radical (unpaired) electrons. The van der Waals surface area contributed by atoms with Gasteiger partial charge in [-0.3, -0.25) is 14.3 Å². The van der Waals surface area contributed by atoms with E-state index in [2.05, 4.69) is 11.9 Å². The summed E-state index contributed by atoms with van der Waals surface area (Å²) >= 11 is 0. The molecule has 0 unspecified atom stereocenters. The Kier molecular flexibility index (Phi) is 7.13. The van der Waals surface area contributed by atoms with Gasteiger partial charge in [-0.1, -0.05) is 26.2 Å². The maximum Gasteiger partial charge on any atom is 0.330 e. The highest BCUT2D eigenvalue weighted by Crippen LogP contribution is 2.28. The van der Waals surface area contributed by atoms with E-state index in [1.54, 1.807) is 0 Å². The molecular weight excluding hydrogens is 320 g/mol. The Morgan fingerprint density at radius 1 is 1.21 bits per heavy atom. The van der Waals surface area contributed by atoms with Crippen molar-refractivity contribution in [2.45, 2.75) is 57.1 Å². The number of rotatable bonds is 9. The first-order valence-electron chi connectivity index (χ1n) is 8.12. The van der Waals surface area contributed by atoms with Crippen LogP contribution in [0.5, 0.6) is 0 Å². The van der Waals surface area contributed by atoms with Crippen molar-refractivity contribution in [2.24, 2.45) is 0 Å². The molecule has 9 nitrogen and oxygen atoms in total. The van der Waals surface area contributed by atoms with Gasteiger partial charge in [0.05, 0.1) is 6.61 Å². The molecule has 1 aromatic heterocycles. The SMILES string of the molecule is CCCCCCOOC[C@H]1O[C@@H](n2ccc(=O)[nH]c2=O)[C@H](O)[C@@H]1O. The molecular formula is C15H24N2O7. The fourth-order valence-corrected chi connectivity index (χ4v) is 2.49. The second-order valence-electron chi connectivity index (χ2n) is 5.73. The van der Waals surface area contributed by atoms with Gasteiger partial charge in [0, 0.05) is 12.3 Å². The van der Waals surface area contributed by atoms with Crippen molar-refractivity contribution in [3.05, 3.63) is 33.1 Å². The number of hydrogen-bond donors (Lipinski definition) is 3. The van der Waals surface area contributed by atoms with Crippen LogP contribution < -0.4 is 11.2 Å². The Hall–Kier alpha value is -1.52. The first kappa shape index (κ1) is 18.8. The predicted molar refractivity (Wildman–Crippen MR) is 83.3 cm³/mol. The highest BCUT2D eigenvalue weighted by molar-refractivity contribution is 4.93. The molecule has 0 aliphatic carbocycles. The molecule has 9 heteroatoms. The lowest BCUT2D eigenvalue weighted by Crippen LogP contribution is -2.37. The summed E-state index contributed by atoms with van der Waals surface area (Å²) in [5.74, 6) is 0. The zero-order valence-electron chi connectivity index (χ0n) is 13.6. The highest BCUT2D eigenvalue weighted by Gasteiger charge is 2.44. The fraction of sp³-hybridized carbons (Fsp3) is 0.733. The summed E-state index contributed by atoms with van der Waals surface area (Å²) in [4.78, 5) is 34.9. The minimum Gasteiger partial charge on any atom is -0.387 e. The molecule has 0 bridgehead atoms. The van der Waals surface area contributed by atoms with Crippen LogP contribution in [-0.2, 0) is 14.5 Å². The number of aliphatic hydroxyl groups excluding tert-OH is 2. The van der Waals surface area contributed by atoms with Crippen molar-refractivity contribution in [3.8, 4) is 0 Å². The third kappa shape index (κ3) is 4.74. The molecule has 1 fully saturated rings. The Morgan fingerprint density at radius 3 is 2.71 bits per heavy atom. The molecule has 0 aromatic carbocycles. The molecule has 3 N–H and O–H groups in total. The van der Waals surface area contributed by atoms with Crippen LogP contribution in [0.3, 0.4) is 0 Å². The van der Waals surface area contributed by atoms with E-state index >= 15 is 0 Å². The number of H-pyrrole nitrogens is 1. The van der Waals surface area contributed by atoms with Gasteiger partial charge < -0.3 is 14.9 Å². The zero-order chi connectivity index (χ0) is 17.5. The van der Waals surface area contributed by atoms with E-state index in [1.807, 2.05) is 0 Å². The van der Waals surface area contributed by atoms with Gasteiger partial charge in [0.2, 0.25) is 0 Å². The van der Waals surface area contributed by atoms with Crippen LogP contribution in [0, 0.1) is 0 Å². The second kappa shape index (κ2) is 9.09. The number of nitrogens with zero attached hydrogens (tertiary/aromatic N) is 1. The standard InChI is InChI=1S/C15H24N2O7/c1-2-3-4-5-8-22-23-9-10-12(19)13(20)14(24-10)17-7-6-11(18)16-15(17)21/h6-7,10,12-14,19-20H,2-5,8-9H2,1H3,(H,16,18,21)/t10-,12-,13-,14-/m1/s1. The third-order valence-corrected chi connectivity index (χ3v) is 3.86. The Morgan fingerprint density at radius 2 is 2.00 bits per heavy atom. The molecule has 2 rings (SSSR count). The summed E-state index contributed by atoms with van der Waals surface area (Å²) in [6, 6.07) is 1.13. The molecule has 2 heterocycles. The minimum absolute atomic E-state index is 0.0827. The summed E-state index contributed by atoms with van der Waals surface area (Å²) in [7, 11) is 0. The van der Waals surface area contributed by atoms with Crippen LogP contribution in [0.25, 0.3) is 0 Å². The summed E-state index contributed by atoms with van der Waals surface area (Å²) < 4.78 is 6.49. The highest BCUT2D eigenvalue weighted by atomic mass is 17.2. The van der Waals surface area contributed by atoms with Crippen molar-refractivity contribution in [2.75, 3.05) is 13.2 Å². The molecule has 0 saturated carbocycles. The number of ether oxygens (including phenoxy) is 1. The monoisotopic (exact) mass is 344 g/mol. The van der Waals surface area contributed by atoms with Gasteiger partial charge in [-0.05, 0) is 6.42 Å². The number of aromatic nitrogens is 2. The van der Waals surface area contributed by atoms with E-state index < -0.39 is 35.8 Å². The molecule has 1 aromatic rings. The number of unbranched alkanes of at least 4 members (excludes halogenated alkanes) is 3. The molecule has 0 spiro atoms. The van der Waals surface area contributed by atoms with Crippen molar-refractivity contribution in [1.29, 1.82) is 0 Å². The van der Waals surface area contributed by atoms with Crippen molar-refractivity contribution < 1.29 is 24.7 Å². The van der Waals surface area contributed by atoms with E-state index in [9.17, 15) is 19.8 Å². The average Bonchev–Trinajstić information content (AvgIpc) is 2.82. The van der Waals surface area contributed by atoms with Gasteiger partial charge in [0.15, 0.2) is 6.23 Å². The van der Waals surface area contributed by atoms with Crippen molar-refractivity contribution in [3.63, 3.8) is 0 Å². The maximum absolute atomic E-state index is 11.8. The lowest BCUT2D eigenvalue weighted by atomic mass is 10.1. The number of aliphatic hydroxyl groups is 2. The molecule has 1 aliphatic heterocycles. The minimum atomic E-state index is -1.33. The van der Waals surface area contributed by atoms with Gasteiger partial charge >= 0.3 is 5.69 Å². The molecule has 1 saturated heterocycles. The second-order valence-corrected chi connectivity index (χ2v) is 5.73. The molecule has 24 heavy (non-hydrogen) atoms. The molecule has 4 atom stereocenters. The van der Waals surface area contributed by atoms with Gasteiger partial charge in [-0.2, -0.15) is 0 Å². The topological polar surface area (TPSA) is 123 Å². The van der Waals surface area contributed by atoms with Gasteiger partial charge in [-0.25, -0.2) is 14.6 Å². The number of aromatic amines is 1. The number of hydrogen-bond acceptors (Lipinski definition) is 7. The molecule has 0 amide bonds. The lowest BCUT2D eigenvalue weighted by Gasteiger charge is -2.16. The maximum atomic E-state index is 11.8. The van der Waals surface area contributed by atoms with E-state index in [0.717, 1.165) is 36.3 Å². The van der Waals surface area contributed by atoms with Crippen LogP contribution in [0.4, 0.5) is 0 Å².